The fourth-order valence-electron chi connectivity index (χ4n) is 14.6. The van der Waals surface area contributed by atoms with E-state index in [-0.39, 0.29) is 5.28 Å². The second-order valence-electron chi connectivity index (χ2n) is 23.9. The van der Waals surface area contributed by atoms with E-state index in [9.17, 15) is 0 Å². The Morgan fingerprint density at radius 2 is 0.758 bits per heavy atom. The number of ether oxygens (including phenoxy) is 2. The molecule has 0 atom stereocenters. The summed E-state index contributed by atoms with van der Waals surface area (Å²) in [7, 11) is 0. The summed E-state index contributed by atoms with van der Waals surface area (Å²) in [4.78, 5) is 32.9. The lowest BCUT2D eigenvalue weighted by Crippen LogP contribution is -2.06. The van der Waals surface area contributed by atoms with Gasteiger partial charge in [0.25, 0.3) is 0 Å². The Labute approximate surface area is 544 Å². The van der Waals surface area contributed by atoms with Crippen molar-refractivity contribution in [2.75, 3.05) is 0 Å². The number of para-hydroxylation sites is 8. The summed E-state index contributed by atoms with van der Waals surface area (Å²) in [5.74, 6) is 5.60. The van der Waals surface area contributed by atoms with Crippen LogP contribution in [0.25, 0.3) is 171 Å². The average Bonchev–Trinajstić information content (AvgIpc) is 1.57. The molecule has 0 unspecified atom stereocenters. The van der Waals surface area contributed by atoms with Crippen LogP contribution in [0.15, 0.2) is 279 Å². The Morgan fingerprint density at radius 3 is 1.39 bits per heavy atom. The molecular formula is C82H47ClN10O2. The molecule has 10 heterocycles. The van der Waals surface area contributed by atoms with E-state index in [4.69, 9.17) is 41.0 Å². The van der Waals surface area contributed by atoms with E-state index in [1.807, 2.05) is 91.0 Å². The summed E-state index contributed by atoms with van der Waals surface area (Å²) >= 11 is 5.98. The maximum Gasteiger partial charge on any atom is 0.235 e. The van der Waals surface area contributed by atoms with Crippen molar-refractivity contribution in [2.24, 2.45) is 0 Å². The minimum Gasteiger partial charge on any atom is -0.456 e. The monoisotopic (exact) mass is 1240 g/mol. The van der Waals surface area contributed by atoms with Crippen molar-refractivity contribution in [1.29, 1.82) is 0 Å². The summed E-state index contributed by atoms with van der Waals surface area (Å²) in [5, 5.41) is 14.0. The van der Waals surface area contributed by atoms with Gasteiger partial charge in [-0.25, -0.2) is 29.9 Å². The molecule has 0 fully saturated rings. The molecule has 95 heavy (non-hydrogen) atoms. The Kier molecular flexibility index (Phi) is 11.5. The number of rotatable bonds is 3. The van der Waals surface area contributed by atoms with Crippen molar-refractivity contribution < 1.29 is 9.47 Å². The lowest BCUT2D eigenvalue weighted by Gasteiger charge is -2.20. The highest BCUT2D eigenvalue weighted by molar-refractivity contribution is 6.29. The van der Waals surface area contributed by atoms with Gasteiger partial charge in [0.15, 0.2) is 0 Å². The van der Waals surface area contributed by atoms with Crippen LogP contribution in [0.1, 0.15) is 0 Å². The van der Waals surface area contributed by atoms with E-state index in [0.717, 1.165) is 145 Å². The second-order valence-corrected chi connectivity index (χ2v) is 24.2. The quantitative estimate of drug-likeness (QED) is 0.173. The number of hydrogen-bond acceptors (Lipinski definition) is 8. The summed E-state index contributed by atoms with van der Waals surface area (Å²) in [5.41, 5.74) is 16.2. The van der Waals surface area contributed by atoms with Crippen LogP contribution in [0.5, 0.6) is 23.0 Å². The van der Waals surface area contributed by atoms with Gasteiger partial charge < -0.3 is 14.5 Å². The molecule has 2 aliphatic heterocycles. The van der Waals surface area contributed by atoms with Gasteiger partial charge in [-0.2, -0.15) is 0 Å². The molecule has 0 spiro atoms. The van der Waals surface area contributed by atoms with Crippen LogP contribution in [0.2, 0.25) is 5.28 Å². The van der Waals surface area contributed by atoms with Crippen LogP contribution in [-0.2, 0) is 0 Å². The van der Waals surface area contributed by atoms with Crippen LogP contribution < -0.4 is 9.47 Å². The number of hydrogen-bond donors (Lipinski definition) is 1. The third-order valence-electron chi connectivity index (χ3n) is 18.7. The van der Waals surface area contributed by atoms with E-state index in [1.54, 1.807) is 0 Å². The topological polar surface area (TPSA) is 126 Å². The maximum absolute atomic E-state index is 6.28. The van der Waals surface area contributed by atoms with Gasteiger partial charge in [-0.1, -0.05) is 158 Å². The van der Waals surface area contributed by atoms with Crippen LogP contribution in [0.3, 0.4) is 0 Å². The zero-order valence-corrected chi connectivity index (χ0v) is 51.0. The molecule has 0 saturated heterocycles. The summed E-state index contributed by atoms with van der Waals surface area (Å²) in [6.07, 6.45) is 0. The molecular weight excluding hydrogens is 1190 g/mol. The Balaban J connectivity index is 0.000000109. The molecule has 20 aromatic rings. The zero-order chi connectivity index (χ0) is 62.4. The fraction of sp³-hybridized carbons (Fsp3) is 0. The molecule has 0 amide bonds. The Hall–Kier alpha value is -12.8. The van der Waals surface area contributed by atoms with Crippen LogP contribution in [0.4, 0.5) is 0 Å². The molecule has 0 bridgehead atoms. The van der Waals surface area contributed by atoms with Gasteiger partial charge in [-0.15, -0.1) is 0 Å². The highest BCUT2D eigenvalue weighted by Crippen LogP contribution is 2.49. The first-order valence-corrected chi connectivity index (χ1v) is 31.8. The number of nitrogens with one attached hydrogen (secondary N) is 1. The molecule has 444 valence electrons. The molecule has 8 aromatic heterocycles. The molecule has 0 aliphatic carbocycles. The van der Waals surface area contributed by atoms with Crippen molar-refractivity contribution >= 4 is 142 Å². The summed E-state index contributed by atoms with van der Waals surface area (Å²) in [6.45, 7) is 0. The predicted molar refractivity (Wildman–Crippen MR) is 385 cm³/mol. The summed E-state index contributed by atoms with van der Waals surface area (Å²) < 4.78 is 19.0. The third kappa shape index (κ3) is 8.08. The van der Waals surface area contributed by atoms with Crippen molar-refractivity contribution in [3.8, 4) is 63.1 Å². The van der Waals surface area contributed by atoms with E-state index in [0.29, 0.717) is 5.95 Å². The van der Waals surface area contributed by atoms with Crippen LogP contribution >= 0.6 is 11.6 Å². The molecule has 22 rings (SSSR count). The lowest BCUT2D eigenvalue weighted by molar-refractivity contribution is 0.486. The fourth-order valence-corrected chi connectivity index (χ4v) is 14.8. The van der Waals surface area contributed by atoms with Gasteiger partial charge >= 0.3 is 0 Å². The lowest BCUT2D eigenvalue weighted by atomic mass is 10.0. The molecule has 2 aliphatic rings. The molecule has 13 heteroatoms. The number of H-pyrrole nitrogens is 1. The second kappa shape index (κ2) is 20.6. The van der Waals surface area contributed by atoms with Gasteiger partial charge in [-0.05, 0) is 133 Å². The van der Waals surface area contributed by atoms with Crippen molar-refractivity contribution in [3.63, 3.8) is 0 Å². The Morgan fingerprint density at radius 1 is 0.284 bits per heavy atom. The van der Waals surface area contributed by atoms with Gasteiger partial charge in [0.05, 0.1) is 77.3 Å². The molecule has 0 saturated carbocycles. The SMILES string of the molecule is Clc1nc2c3c(cccc3n1)Oc1ccccc1-2.c1ccc2c(c1)Oc1cccc3nc(-n4c5ccccc5c5c4ccc4c6ccccc6n(-c6ccc7ccccc7n6)c45)nc-2c13.c1ccc2nc(-n3c4ccccc4c4ccc5[nH]c6ccccc6c5c43)ccc2c1. The molecule has 12 aromatic carbocycles. The first-order chi connectivity index (χ1) is 47.0. The first kappa shape index (κ1) is 52.9. The average molecular weight is 1240 g/mol. The first-order valence-electron chi connectivity index (χ1n) is 31.5. The van der Waals surface area contributed by atoms with E-state index < -0.39 is 0 Å². The molecule has 12 nitrogen and oxygen atoms in total. The van der Waals surface area contributed by atoms with Gasteiger partial charge in [-0.3, -0.25) is 13.7 Å². The maximum atomic E-state index is 6.28. The van der Waals surface area contributed by atoms with E-state index in [1.165, 1.54) is 43.4 Å². The summed E-state index contributed by atoms with van der Waals surface area (Å²) in [6, 6.07) is 95.9. The van der Waals surface area contributed by atoms with Crippen molar-refractivity contribution in [3.05, 3.63) is 284 Å². The van der Waals surface area contributed by atoms with E-state index in [2.05, 4.69) is 217 Å². The number of aromatic amines is 1. The van der Waals surface area contributed by atoms with Gasteiger partial charge in [0.2, 0.25) is 11.2 Å². The largest absolute Gasteiger partial charge is 0.456 e. The van der Waals surface area contributed by atoms with Gasteiger partial charge in [0.1, 0.15) is 34.6 Å². The third-order valence-corrected chi connectivity index (χ3v) is 18.8. The van der Waals surface area contributed by atoms with Gasteiger partial charge in [0, 0.05) is 76.0 Å². The minimum atomic E-state index is 0.256. The smallest absolute Gasteiger partial charge is 0.235 e. The van der Waals surface area contributed by atoms with Crippen molar-refractivity contribution in [2.45, 2.75) is 0 Å². The number of aromatic nitrogens is 10. The number of nitrogens with zero attached hydrogens (tertiary/aromatic N) is 9. The van der Waals surface area contributed by atoms with E-state index >= 15 is 0 Å². The molecule has 0 radical (unpaired) electrons. The number of benzene rings is 12. The van der Waals surface area contributed by atoms with Crippen molar-refractivity contribution in [1.82, 2.24) is 48.6 Å². The number of pyridine rings is 2. The standard InChI is InChI=1S/C41H23N5O.C27H17N3.C14H7ClN2O/c1-5-14-29-24(10-1)20-23-36(42-29)46-31-16-6-2-11-25(31)26-21-22-33-37(40(26)46)27-12-3-7-17-32(27)45(33)41-43-30-15-9-19-35-38(30)39(44-41)28-13-4-8-18-34(28)47-35;1-4-10-21-17(7-1)13-16-25(29-21)30-24-12-6-3-8-18(24)19-14-15-23-26(27(19)30)20-9-2-5-11-22(20)28-23;15-14-16-9-5-3-7-11-12(9)13(17-14)8-4-1-2-6-10(8)18-11/h1-23H;1-16,28H;1-7H. The van der Waals surface area contributed by atoms with Crippen LogP contribution in [-0.4, -0.2) is 48.6 Å². The number of halogens is 1. The Bertz CT molecular complexity index is 6660. The minimum absolute atomic E-state index is 0.256. The normalized spacial score (nSPS) is 12.2. The highest BCUT2D eigenvalue weighted by atomic mass is 35.5. The highest BCUT2D eigenvalue weighted by Gasteiger charge is 2.28. The molecule has 1 N–H and O–H groups in total. The van der Waals surface area contributed by atoms with Crippen LogP contribution in [0, 0.1) is 0 Å². The number of fused-ring (bicyclic) bond motifs is 20. The predicted octanol–water partition coefficient (Wildman–Crippen LogP) is 21.2. The zero-order valence-electron chi connectivity index (χ0n) is 50.3.